The van der Waals surface area contributed by atoms with Crippen molar-refractivity contribution in [1.82, 2.24) is 9.55 Å². The van der Waals surface area contributed by atoms with Gasteiger partial charge in [0.15, 0.2) is 5.78 Å². The summed E-state index contributed by atoms with van der Waals surface area (Å²) in [7, 11) is 0. The molecule has 0 aliphatic carbocycles. The van der Waals surface area contributed by atoms with Crippen molar-refractivity contribution in [2.75, 3.05) is 6.61 Å². The molecule has 1 unspecified atom stereocenters. The Morgan fingerprint density at radius 3 is 3.12 bits per heavy atom. The highest BCUT2D eigenvalue weighted by molar-refractivity contribution is 5.97. The van der Waals surface area contributed by atoms with Gasteiger partial charge in [-0.05, 0) is 29.3 Å². The average Bonchev–Trinajstić information content (AvgIpc) is 3.31. The Morgan fingerprint density at radius 1 is 1.25 bits per heavy atom. The Morgan fingerprint density at radius 2 is 2.17 bits per heavy atom. The second-order valence-corrected chi connectivity index (χ2v) is 6.34. The van der Waals surface area contributed by atoms with Crippen LogP contribution in [-0.4, -0.2) is 21.9 Å². The van der Waals surface area contributed by atoms with Gasteiger partial charge in [-0.2, -0.15) is 0 Å². The van der Waals surface area contributed by atoms with E-state index in [0.29, 0.717) is 13.0 Å². The standard InChI is InChI=1S/C20H16N2O2/c23-19(13-5-6-20-14(9-13)7-8-24-20)10-17-15-3-1-2-4-16(15)18-11-21-12-22(17)18/h1-6,9,11-12,17H,7-8,10H2. The summed E-state index contributed by atoms with van der Waals surface area (Å²) in [5.74, 6) is 1.07. The fourth-order valence-electron chi connectivity index (χ4n) is 3.79. The number of nitrogens with zero attached hydrogens (tertiary/aromatic N) is 2. The Kier molecular flexibility index (Phi) is 2.86. The number of hydrogen-bond acceptors (Lipinski definition) is 3. The van der Waals surface area contributed by atoms with Crippen molar-refractivity contribution >= 4 is 5.78 Å². The predicted molar refractivity (Wildman–Crippen MR) is 90.4 cm³/mol. The van der Waals surface area contributed by atoms with Gasteiger partial charge in [-0.1, -0.05) is 24.3 Å². The molecule has 24 heavy (non-hydrogen) atoms. The minimum atomic E-state index is 0.0238. The van der Waals surface area contributed by atoms with Crippen LogP contribution in [0.3, 0.4) is 0 Å². The molecular formula is C20H16N2O2. The maximum atomic E-state index is 12.9. The maximum absolute atomic E-state index is 12.9. The second kappa shape index (κ2) is 5.06. The van der Waals surface area contributed by atoms with Crippen LogP contribution in [0, 0.1) is 0 Å². The highest BCUT2D eigenvalue weighted by Crippen LogP contribution is 2.41. The Labute approximate surface area is 139 Å². The van der Waals surface area contributed by atoms with Gasteiger partial charge in [-0.3, -0.25) is 4.79 Å². The van der Waals surface area contributed by atoms with Crippen molar-refractivity contribution < 1.29 is 9.53 Å². The molecule has 1 atom stereocenters. The van der Waals surface area contributed by atoms with Crippen LogP contribution in [0.1, 0.15) is 33.9 Å². The van der Waals surface area contributed by atoms with Gasteiger partial charge >= 0.3 is 0 Å². The Balaban J connectivity index is 1.49. The van der Waals surface area contributed by atoms with Gasteiger partial charge in [-0.25, -0.2) is 4.98 Å². The van der Waals surface area contributed by atoms with E-state index in [-0.39, 0.29) is 11.8 Å². The van der Waals surface area contributed by atoms with Crippen LogP contribution in [0.5, 0.6) is 5.75 Å². The topological polar surface area (TPSA) is 44.1 Å². The molecule has 0 spiro atoms. The van der Waals surface area contributed by atoms with Gasteiger partial charge in [0.2, 0.25) is 0 Å². The first-order chi connectivity index (χ1) is 11.8. The predicted octanol–water partition coefficient (Wildman–Crippen LogP) is 3.66. The minimum Gasteiger partial charge on any atom is -0.493 e. The number of fused-ring (bicyclic) bond motifs is 4. The first-order valence-corrected chi connectivity index (χ1v) is 8.21. The summed E-state index contributed by atoms with van der Waals surface area (Å²) in [6.07, 6.45) is 5.02. The van der Waals surface area contributed by atoms with E-state index in [0.717, 1.165) is 29.0 Å². The summed E-state index contributed by atoms with van der Waals surface area (Å²) < 4.78 is 7.64. The van der Waals surface area contributed by atoms with Crippen molar-refractivity contribution in [2.24, 2.45) is 0 Å². The zero-order valence-electron chi connectivity index (χ0n) is 13.1. The van der Waals surface area contributed by atoms with E-state index >= 15 is 0 Å². The van der Waals surface area contributed by atoms with Crippen molar-refractivity contribution in [2.45, 2.75) is 18.9 Å². The highest BCUT2D eigenvalue weighted by Gasteiger charge is 2.30. The fourth-order valence-corrected chi connectivity index (χ4v) is 3.79. The number of carbonyl (C=O) groups excluding carboxylic acids is 1. The summed E-state index contributed by atoms with van der Waals surface area (Å²) in [5.41, 5.74) is 5.37. The molecule has 0 N–H and O–H groups in total. The number of benzene rings is 2. The van der Waals surface area contributed by atoms with Crippen molar-refractivity contribution in [3.8, 4) is 17.0 Å². The number of ether oxygens (including phenoxy) is 1. The number of carbonyl (C=O) groups is 1. The van der Waals surface area contributed by atoms with Crippen molar-refractivity contribution in [1.29, 1.82) is 0 Å². The average molecular weight is 316 g/mol. The molecule has 0 fully saturated rings. The molecular weight excluding hydrogens is 300 g/mol. The summed E-state index contributed by atoms with van der Waals surface area (Å²) in [5, 5.41) is 0. The molecule has 3 aromatic rings. The lowest BCUT2D eigenvalue weighted by atomic mass is 9.96. The third kappa shape index (κ3) is 1.92. The molecule has 2 aromatic carbocycles. The van der Waals surface area contributed by atoms with Crippen LogP contribution < -0.4 is 4.74 Å². The van der Waals surface area contributed by atoms with E-state index in [4.69, 9.17) is 4.74 Å². The SMILES string of the molecule is O=C(CC1c2ccccc2-c2cncn21)c1ccc2c(c1)CCO2. The molecule has 0 amide bonds. The van der Waals surface area contributed by atoms with Crippen molar-refractivity contribution in [3.05, 3.63) is 71.7 Å². The molecule has 2 aliphatic rings. The van der Waals surface area contributed by atoms with Gasteiger partial charge in [0, 0.05) is 24.0 Å². The zero-order chi connectivity index (χ0) is 16.1. The molecule has 1 aromatic heterocycles. The van der Waals surface area contributed by atoms with E-state index in [1.54, 1.807) is 0 Å². The lowest BCUT2D eigenvalue weighted by Gasteiger charge is -2.14. The number of rotatable bonds is 3. The summed E-state index contributed by atoms with van der Waals surface area (Å²) in [6.45, 7) is 0.710. The van der Waals surface area contributed by atoms with Crippen LogP contribution in [0.15, 0.2) is 55.0 Å². The third-order valence-corrected chi connectivity index (χ3v) is 4.99. The van der Waals surface area contributed by atoms with E-state index in [1.807, 2.05) is 42.9 Å². The molecule has 118 valence electrons. The van der Waals surface area contributed by atoms with E-state index in [1.165, 1.54) is 11.1 Å². The molecule has 0 radical (unpaired) electrons. The van der Waals surface area contributed by atoms with Crippen molar-refractivity contribution in [3.63, 3.8) is 0 Å². The Bertz CT molecular complexity index is 958. The normalized spacial score (nSPS) is 17.1. The highest BCUT2D eigenvalue weighted by atomic mass is 16.5. The number of ketones is 1. The van der Waals surface area contributed by atoms with Crippen LogP contribution >= 0.6 is 0 Å². The van der Waals surface area contributed by atoms with Gasteiger partial charge in [0.25, 0.3) is 0 Å². The molecule has 0 saturated carbocycles. The Hall–Kier alpha value is -2.88. The number of Topliss-reactive ketones (excluding diaryl/α,β-unsaturated/α-hetero) is 1. The zero-order valence-corrected chi connectivity index (χ0v) is 13.1. The molecule has 0 saturated heterocycles. The first kappa shape index (κ1) is 13.5. The van der Waals surface area contributed by atoms with Gasteiger partial charge in [0.05, 0.1) is 30.9 Å². The molecule has 2 aliphatic heterocycles. The summed E-state index contributed by atoms with van der Waals surface area (Å²) >= 11 is 0. The van der Waals surface area contributed by atoms with Crippen LogP contribution in [0.25, 0.3) is 11.3 Å². The van der Waals surface area contributed by atoms with E-state index in [9.17, 15) is 4.79 Å². The lowest BCUT2D eigenvalue weighted by molar-refractivity contribution is 0.0970. The summed E-state index contributed by atoms with van der Waals surface area (Å²) in [4.78, 5) is 17.1. The van der Waals surface area contributed by atoms with Gasteiger partial charge in [0.1, 0.15) is 5.75 Å². The van der Waals surface area contributed by atoms with Gasteiger partial charge < -0.3 is 9.30 Å². The van der Waals surface area contributed by atoms with Crippen LogP contribution in [0.2, 0.25) is 0 Å². The fraction of sp³-hybridized carbons (Fsp3) is 0.200. The van der Waals surface area contributed by atoms with Crippen LogP contribution in [-0.2, 0) is 6.42 Å². The molecule has 4 nitrogen and oxygen atoms in total. The number of hydrogen-bond donors (Lipinski definition) is 0. The maximum Gasteiger partial charge on any atom is 0.165 e. The lowest BCUT2D eigenvalue weighted by Crippen LogP contribution is -2.11. The largest absolute Gasteiger partial charge is 0.493 e. The quantitative estimate of drug-likeness (QED) is 0.693. The second-order valence-electron chi connectivity index (χ2n) is 6.34. The van der Waals surface area contributed by atoms with Gasteiger partial charge in [-0.15, -0.1) is 0 Å². The molecule has 3 heterocycles. The summed E-state index contributed by atoms with van der Waals surface area (Å²) in [6, 6.07) is 14.1. The third-order valence-electron chi connectivity index (χ3n) is 4.99. The first-order valence-electron chi connectivity index (χ1n) is 8.21. The number of aromatic nitrogens is 2. The minimum absolute atomic E-state index is 0.0238. The van der Waals surface area contributed by atoms with Crippen LogP contribution in [0.4, 0.5) is 0 Å². The van der Waals surface area contributed by atoms with E-state index in [2.05, 4.69) is 21.7 Å². The molecule has 4 heteroatoms. The number of imidazole rings is 1. The molecule has 5 rings (SSSR count). The monoisotopic (exact) mass is 316 g/mol. The molecule has 0 bridgehead atoms. The smallest absolute Gasteiger partial charge is 0.165 e. The van der Waals surface area contributed by atoms with E-state index < -0.39 is 0 Å².